The molecule has 0 aliphatic carbocycles. The summed E-state index contributed by atoms with van der Waals surface area (Å²) in [6.07, 6.45) is 3.47. The number of rotatable bonds is 6. The first-order chi connectivity index (χ1) is 15.3. The molecule has 0 amide bonds. The quantitative estimate of drug-likeness (QED) is 0.445. The predicted molar refractivity (Wildman–Crippen MR) is 127 cm³/mol. The molecule has 0 bridgehead atoms. The van der Waals surface area contributed by atoms with Crippen molar-refractivity contribution in [1.82, 2.24) is 15.1 Å². The number of benzene rings is 3. The van der Waals surface area contributed by atoms with E-state index in [1.54, 1.807) is 7.11 Å². The molecule has 0 saturated carbocycles. The van der Waals surface area contributed by atoms with Crippen LogP contribution in [0.1, 0.15) is 30.0 Å². The second-order valence-corrected chi connectivity index (χ2v) is 8.44. The average molecular weight is 412 g/mol. The number of nitrogens with zero attached hydrogens (tertiary/aromatic N) is 2. The highest BCUT2D eigenvalue weighted by atomic mass is 16.5. The highest BCUT2D eigenvalue weighted by molar-refractivity contribution is 5.85. The lowest BCUT2D eigenvalue weighted by atomic mass is 9.92. The summed E-state index contributed by atoms with van der Waals surface area (Å²) >= 11 is 0. The molecule has 1 aromatic heterocycles. The van der Waals surface area contributed by atoms with Crippen molar-refractivity contribution in [2.45, 2.75) is 25.2 Å². The molecule has 0 atom stereocenters. The van der Waals surface area contributed by atoms with Crippen molar-refractivity contribution in [3.63, 3.8) is 0 Å². The number of likely N-dealkylation sites (tertiary alicyclic amines) is 1. The van der Waals surface area contributed by atoms with Crippen LogP contribution in [0.4, 0.5) is 0 Å². The predicted octanol–water partition coefficient (Wildman–Crippen LogP) is 5.66. The highest BCUT2D eigenvalue weighted by Crippen LogP contribution is 2.30. The molecule has 1 aliphatic heterocycles. The van der Waals surface area contributed by atoms with Crippen LogP contribution >= 0.6 is 0 Å². The van der Waals surface area contributed by atoms with Gasteiger partial charge in [0.2, 0.25) is 0 Å². The van der Waals surface area contributed by atoms with E-state index in [0.717, 1.165) is 43.1 Å². The zero-order valence-corrected chi connectivity index (χ0v) is 18.1. The van der Waals surface area contributed by atoms with Gasteiger partial charge in [0.25, 0.3) is 0 Å². The molecular weight excluding hydrogens is 382 g/mol. The van der Waals surface area contributed by atoms with Crippen molar-refractivity contribution in [2.24, 2.45) is 0 Å². The highest BCUT2D eigenvalue weighted by Gasteiger charge is 2.22. The van der Waals surface area contributed by atoms with Crippen molar-refractivity contribution in [2.75, 3.05) is 26.7 Å². The van der Waals surface area contributed by atoms with Gasteiger partial charge in [-0.2, -0.15) is 5.10 Å². The molecule has 31 heavy (non-hydrogen) atoms. The molecule has 0 spiro atoms. The Morgan fingerprint density at radius 3 is 2.55 bits per heavy atom. The molecule has 1 fully saturated rings. The van der Waals surface area contributed by atoms with Crippen LogP contribution in [0.5, 0.6) is 5.75 Å². The molecule has 5 rings (SSSR count). The van der Waals surface area contributed by atoms with Gasteiger partial charge in [0.05, 0.1) is 12.8 Å². The Balaban J connectivity index is 1.17. The fourth-order valence-electron chi connectivity index (χ4n) is 4.71. The van der Waals surface area contributed by atoms with Crippen molar-refractivity contribution in [1.29, 1.82) is 0 Å². The van der Waals surface area contributed by atoms with Crippen LogP contribution in [0.25, 0.3) is 22.0 Å². The smallest absolute Gasteiger partial charge is 0.118 e. The van der Waals surface area contributed by atoms with Crippen LogP contribution in [0.15, 0.2) is 72.8 Å². The molecule has 4 aromatic rings. The molecule has 1 N–H and O–H groups in total. The number of H-pyrrole nitrogens is 1. The number of nitrogens with one attached hydrogen (secondary N) is 1. The fourth-order valence-corrected chi connectivity index (χ4v) is 4.71. The average Bonchev–Trinajstić information content (AvgIpc) is 3.33. The third-order valence-corrected chi connectivity index (χ3v) is 6.59. The molecule has 0 radical (unpaired) electrons. The summed E-state index contributed by atoms with van der Waals surface area (Å²) in [5.74, 6) is 1.43. The van der Waals surface area contributed by atoms with Crippen LogP contribution in [0.3, 0.4) is 0 Å². The number of aromatic amines is 1. The third kappa shape index (κ3) is 4.35. The van der Waals surface area contributed by atoms with Crippen molar-refractivity contribution >= 4 is 10.8 Å². The number of hydrogen-bond donors (Lipinski definition) is 1. The number of aromatic nitrogens is 2. The Hall–Kier alpha value is -3.11. The zero-order valence-electron chi connectivity index (χ0n) is 18.1. The Morgan fingerprint density at radius 2 is 1.74 bits per heavy atom. The van der Waals surface area contributed by atoms with Gasteiger partial charge in [-0.15, -0.1) is 0 Å². The first-order valence-corrected chi connectivity index (χ1v) is 11.2. The second-order valence-electron chi connectivity index (χ2n) is 8.44. The van der Waals surface area contributed by atoms with E-state index in [2.05, 4.69) is 75.8 Å². The molecule has 2 heterocycles. The molecule has 4 nitrogen and oxygen atoms in total. The van der Waals surface area contributed by atoms with Gasteiger partial charge in [0, 0.05) is 23.7 Å². The van der Waals surface area contributed by atoms with Crippen LogP contribution in [-0.4, -0.2) is 41.8 Å². The minimum atomic E-state index is 0.563. The zero-order chi connectivity index (χ0) is 21.0. The summed E-state index contributed by atoms with van der Waals surface area (Å²) in [6, 6.07) is 25.7. The standard InChI is InChI=1S/C27H29N3O/c1-31-24-11-9-22(10-12-24)26-19-27(29-28-26)23-14-17-30(18-15-23)16-13-21-7-4-6-20-5-2-3-8-25(20)21/h2-12,19,23H,13-18H2,1H3,(H,28,29). The summed E-state index contributed by atoms with van der Waals surface area (Å²) in [7, 11) is 1.69. The third-order valence-electron chi connectivity index (χ3n) is 6.59. The number of methoxy groups -OCH3 is 1. The maximum absolute atomic E-state index is 5.25. The second kappa shape index (κ2) is 8.94. The summed E-state index contributed by atoms with van der Waals surface area (Å²) < 4.78 is 5.25. The first kappa shape index (κ1) is 19.8. The van der Waals surface area contributed by atoms with Crippen molar-refractivity contribution < 1.29 is 4.74 Å². The normalized spacial score (nSPS) is 15.4. The summed E-state index contributed by atoms with van der Waals surface area (Å²) in [5.41, 5.74) is 4.85. The van der Waals surface area contributed by atoms with Crippen LogP contribution in [-0.2, 0) is 6.42 Å². The van der Waals surface area contributed by atoms with Gasteiger partial charge in [-0.25, -0.2) is 0 Å². The monoisotopic (exact) mass is 411 g/mol. The Morgan fingerprint density at radius 1 is 0.968 bits per heavy atom. The summed E-state index contributed by atoms with van der Waals surface area (Å²) in [5, 5.41) is 10.6. The molecule has 3 aromatic carbocycles. The number of piperidine rings is 1. The molecule has 1 aliphatic rings. The molecule has 4 heteroatoms. The van der Waals surface area contributed by atoms with Gasteiger partial charge in [0.15, 0.2) is 0 Å². The summed E-state index contributed by atoms with van der Waals surface area (Å²) in [4.78, 5) is 2.61. The topological polar surface area (TPSA) is 41.1 Å². The van der Waals surface area contributed by atoms with Gasteiger partial charge >= 0.3 is 0 Å². The van der Waals surface area contributed by atoms with Gasteiger partial charge < -0.3 is 9.64 Å². The lowest BCUT2D eigenvalue weighted by Gasteiger charge is -2.31. The van der Waals surface area contributed by atoms with E-state index in [-0.39, 0.29) is 0 Å². The van der Waals surface area contributed by atoms with E-state index in [4.69, 9.17) is 4.74 Å². The Labute approximate surface area is 183 Å². The van der Waals surface area contributed by atoms with E-state index in [0.29, 0.717) is 5.92 Å². The Bertz CT molecular complexity index is 1140. The molecule has 158 valence electrons. The van der Waals surface area contributed by atoms with E-state index >= 15 is 0 Å². The van der Waals surface area contributed by atoms with E-state index in [1.807, 2.05) is 12.1 Å². The number of hydrogen-bond acceptors (Lipinski definition) is 3. The fraction of sp³-hybridized carbons (Fsp3) is 0.296. The molecule has 0 unspecified atom stereocenters. The minimum absolute atomic E-state index is 0.563. The number of ether oxygens (including phenoxy) is 1. The lowest BCUT2D eigenvalue weighted by molar-refractivity contribution is 0.213. The first-order valence-electron chi connectivity index (χ1n) is 11.2. The lowest BCUT2D eigenvalue weighted by Crippen LogP contribution is -2.34. The largest absolute Gasteiger partial charge is 0.497 e. The van der Waals surface area contributed by atoms with E-state index in [1.165, 1.54) is 34.9 Å². The molecular formula is C27H29N3O. The summed E-state index contributed by atoms with van der Waals surface area (Å²) in [6.45, 7) is 3.42. The van der Waals surface area contributed by atoms with Crippen LogP contribution < -0.4 is 4.74 Å². The van der Waals surface area contributed by atoms with Gasteiger partial charge in [-0.3, -0.25) is 5.10 Å². The van der Waals surface area contributed by atoms with E-state index in [9.17, 15) is 0 Å². The molecule has 1 saturated heterocycles. The van der Waals surface area contributed by atoms with Crippen LogP contribution in [0, 0.1) is 0 Å². The van der Waals surface area contributed by atoms with E-state index < -0.39 is 0 Å². The minimum Gasteiger partial charge on any atom is -0.497 e. The van der Waals surface area contributed by atoms with Crippen LogP contribution in [0.2, 0.25) is 0 Å². The van der Waals surface area contributed by atoms with Gasteiger partial charge in [0.1, 0.15) is 5.75 Å². The van der Waals surface area contributed by atoms with Gasteiger partial charge in [-0.1, -0.05) is 42.5 Å². The van der Waals surface area contributed by atoms with Crippen molar-refractivity contribution in [3.05, 3.63) is 84.1 Å². The SMILES string of the molecule is COc1ccc(-c2cc(C3CCN(CCc4cccc5ccccc45)CC3)[nH]n2)cc1. The Kier molecular flexibility index (Phi) is 5.72. The number of fused-ring (bicyclic) bond motifs is 1. The van der Waals surface area contributed by atoms with Crippen molar-refractivity contribution in [3.8, 4) is 17.0 Å². The van der Waals surface area contributed by atoms with Gasteiger partial charge in [-0.05, 0) is 79.0 Å². The maximum atomic E-state index is 5.25. The maximum Gasteiger partial charge on any atom is 0.118 e.